The fourth-order valence-corrected chi connectivity index (χ4v) is 4.11. The zero-order valence-electron chi connectivity index (χ0n) is 17.7. The van der Waals surface area contributed by atoms with Crippen molar-refractivity contribution < 1.29 is 37.3 Å². The highest BCUT2D eigenvalue weighted by atomic mass is 19.4. The van der Waals surface area contributed by atoms with E-state index in [1.54, 1.807) is 0 Å². The molecule has 1 amide bonds. The van der Waals surface area contributed by atoms with Crippen molar-refractivity contribution in [3.05, 3.63) is 89.5 Å². The molecule has 1 aliphatic carbocycles. The topological polar surface area (TPSA) is 84.9 Å². The molecule has 0 radical (unpaired) electrons. The number of carboxylic acid groups (broad SMARTS) is 1. The second-order valence-electron chi connectivity index (χ2n) is 7.74. The third-order valence-electron chi connectivity index (χ3n) is 5.53. The van der Waals surface area contributed by atoms with Crippen LogP contribution < -0.4 is 10.1 Å². The van der Waals surface area contributed by atoms with E-state index < -0.39 is 36.6 Å². The van der Waals surface area contributed by atoms with Crippen molar-refractivity contribution >= 4 is 12.1 Å². The van der Waals surface area contributed by atoms with Gasteiger partial charge in [-0.1, -0.05) is 60.7 Å². The number of benzene rings is 3. The molecule has 34 heavy (non-hydrogen) atoms. The van der Waals surface area contributed by atoms with Gasteiger partial charge in [0.15, 0.2) is 0 Å². The summed E-state index contributed by atoms with van der Waals surface area (Å²) in [5, 5.41) is 11.7. The number of halogens is 3. The minimum Gasteiger partial charge on any atom is -0.481 e. The molecule has 0 bridgehead atoms. The van der Waals surface area contributed by atoms with Gasteiger partial charge in [-0.2, -0.15) is 0 Å². The van der Waals surface area contributed by atoms with Crippen molar-refractivity contribution in [3.8, 4) is 16.9 Å². The summed E-state index contributed by atoms with van der Waals surface area (Å²) in [4.78, 5) is 23.8. The molecule has 6 nitrogen and oxygen atoms in total. The SMILES string of the molecule is O=C(O)C[C@H](NC(=O)OCC1c2ccccc2-c2ccccc21)c1ccc(OC(F)(F)F)cc1. The molecule has 0 heterocycles. The number of fused-ring (bicyclic) bond motifs is 3. The number of carbonyl (C=O) groups excluding carboxylic acids is 1. The fourth-order valence-electron chi connectivity index (χ4n) is 4.11. The Kier molecular flexibility index (Phi) is 6.45. The predicted octanol–water partition coefficient (Wildman–Crippen LogP) is 5.64. The molecule has 2 N–H and O–H groups in total. The van der Waals surface area contributed by atoms with E-state index in [1.807, 2.05) is 48.5 Å². The molecule has 1 atom stereocenters. The molecule has 0 unspecified atom stereocenters. The number of hydrogen-bond donors (Lipinski definition) is 2. The van der Waals surface area contributed by atoms with E-state index in [-0.39, 0.29) is 12.5 Å². The summed E-state index contributed by atoms with van der Waals surface area (Å²) in [6, 6.07) is 19.3. The number of ether oxygens (including phenoxy) is 2. The highest BCUT2D eigenvalue weighted by Crippen LogP contribution is 2.44. The number of carboxylic acids is 1. The van der Waals surface area contributed by atoms with Gasteiger partial charge in [0.25, 0.3) is 0 Å². The van der Waals surface area contributed by atoms with Gasteiger partial charge in [0.1, 0.15) is 12.4 Å². The summed E-state index contributed by atoms with van der Waals surface area (Å²) in [7, 11) is 0. The monoisotopic (exact) mass is 471 g/mol. The van der Waals surface area contributed by atoms with Crippen molar-refractivity contribution in [2.24, 2.45) is 0 Å². The van der Waals surface area contributed by atoms with Gasteiger partial charge in [-0.05, 0) is 39.9 Å². The van der Waals surface area contributed by atoms with E-state index in [1.165, 1.54) is 12.1 Å². The third kappa shape index (κ3) is 5.31. The van der Waals surface area contributed by atoms with Gasteiger partial charge >= 0.3 is 18.4 Å². The van der Waals surface area contributed by atoms with Crippen LogP contribution in [0, 0.1) is 0 Å². The Morgan fingerprint density at radius 1 is 0.912 bits per heavy atom. The average molecular weight is 471 g/mol. The maximum absolute atomic E-state index is 12.5. The van der Waals surface area contributed by atoms with Crippen molar-refractivity contribution in [2.45, 2.75) is 24.7 Å². The van der Waals surface area contributed by atoms with Crippen molar-refractivity contribution in [2.75, 3.05) is 6.61 Å². The lowest BCUT2D eigenvalue weighted by molar-refractivity contribution is -0.274. The first-order valence-electron chi connectivity index (χ1n) is 10.4. The Balaban J connectivity index is 1.45. The van der Waals surface area contributed by atoms with E-state index in [4.69, 9.17) is 4.74 Å². The van der Waals surface area contributed by atoms with Crippen LogP contribution in [0.4, 0.5) is 18.0 Å². The maximum atomic E-state index is 12.5. The standard InChI is InChI=1S/C25H20F3NO5/c26-25(27,28)34-16-11-9-15(10-12-16)22(13-23(30)31)29-24(32)33-14-21-19-7-3-1-5-17(19)18-6-2-4-8-20(18)21/h1-12,21-22H,13-14H2,(H,29,32)(H,30,31)/t22-/m0/s1. The summed E-state index contributed by atoms with van der Waals surface area (Å²) >= 11 is 0. The lowest BCUT2D eigenvalue weighted by Crippen LogP contribution is -2.31. The van der Waals surface area contributed by atoms with Gasteiger partial charge in [-0.15, -0.1) is 13.2 Å². The van der Waals surface area contributed by atoms with Crippen LogP contribution in [0.2, 0.25) is 0 Å². The third-order valence-corrected chi connectivity index (χ3v) is 5.53. The van der Waals surface area contributed by atoms with Crippen LogP contribution in [-0.2, 0) is 9.53 Å². The van der Waals surface area contributed by atoms with Crippen molar-refractivity contribution in [3.63, 3.8) is 0 Å². The maximum Gasteiger partial charge on any atom is 0.573 e. The van der Waals surface area contributed by atoms with Crippen LogP contribution >= 0.6 is 0 Å². The van der Waals surface area contributed by atoms with Gasteiger partial charge in [-0.25, -0.2) is 4.79 Å². The molecule has 4 rings (SSSR count). The van der Waals surface area contributed by atoms with Crippen LogP contribution in [-0.4, -0.2) is 30.1 Å². The predicted molar refractivity (Wildman–Crippen MR) is 116 cm³/mol. The minimum absolute atomic E-state index is 0.0397. The highest BCUT2D eigenvalue weighted by molar-refractivity contribution is 5.79. The Morgan fingerprint density at radius 2 is 1.47 bits per heavy atom. The van der Waals surface area contributed by atoms with E-state index in [0.717, 1.165) is 34.4 Å². The van der Waals surface area contributed by atoms with Gasteiger partial charge in [0, 0.05) is 5.92 Å². The molecule has 0 spiro atoms. The summed E-state index contributed by atoms with van der Waals surface area (Å²) in [5.41, 5.74) is 4.48. The van der Waals surface area contributed by atoms with Crippen molar-refractivity contribution in [1.29, 1.82) is 0 Å². The molecule has 9 heteroatoms. The molecule has 0 aliphatic heterocycles. The molecule has 3 aromatic carbocycles. The number of alkyl carbamates (subject to hydrolysis) is 1. The van der Waals surface area contributed by atoms with Crippen molar-refractivity contribution in [1.82, 2.24) is 5.32 Å². The summed E-state index contributed by atoms with van der Waals surface area (Å²) < 4.78 is 46.4. The number of aliphatic carboxylic acids is 1. The first kappa shape index (κ1) is 23.2. The minimum atomic E-state index is -4.85. The average Bonchev–Trinajstić information content (AvgIpc) is 3.10. The highest BCUT2D eigenvalue weighted by Gasteiger charge is 2.31. The Hall–Kier alpha value is -4.01. The molecule has 0 saturated carbocycles. The molecule has 1 aliphatic rings. The summed E-state index contributed by atoms with van der Waals surface area (Å²) in [6.07, 6.45) is -6.16. The Bertz CT molecular complexity index is 1150. The van der Waals surface area contributed by atoms with Gasteiger partial charge in [0.05, 0.1) is 12.5 Å². The number of carbonyl (C=O) groups is 2. The smallest absolute Gasteiger partial charge is 0.481 e. The molecule has 3 aromatic rings. The number of hydrogen-bond acceptors (Lipinski definition) is 4. The zero-order valence-corrected chi connectivity index (χ0v) is 17.7. The van der Waals surface area contributed by atoms with Gasteiger partial charge in [-0.3, -0.25) is 4.79 Å². The normalized spacial score (nSPS) is 13.5. The molecular weight excluding hydrogens is 451 g/mol. The molecule has 176 valence electrons. The number of alkyl halides is 3. The lowest BCUT2D eigenvalue weighted by Gasteiger charge is -2.19. The Morgan fingerprint density at radius 3 is 2.00 bits per heavy atom. The van der Waals surface area contributed by atoms with Gasteiger partial charge < -0.3 is 19.9 Å². The molecule has 0 aromatic heterocycles. The summed E-state index contributed by atoms with van der Waals surface area (Å²) in [6.45, 7) is 0.0397. The van der Waals surface area contributed by atoms with Gasteiger partial charge in [0.2, 0.25) is 0 Å². The van der Waals surface area contributed by atoms with Crippen LogP contribution in [0.15, 0.2) is 72.8 Å². The first-order chi connectivity index (χ1) is 16.2. The largest absolute Gasteiger partial charge is 0.573 e. The number of amides is 1. The van der Waals surface area contributed by atoms with E-state index in [2.05, 4.69) is 10.1 Å². The van der Waals surface area contributed by atoms with Crippen LogP contribution in [0.1, 0.15) is 35.1 Å². The number of nitrogens with one attached hydrogen (secondary N) is 1. The quantitative estimate of drug-likeness (QED) is 0.466. The molecule has 0 fully saturated rings. The zero-order chi connectivity index (χ0) is 24.3. The van der Waals surface area contributed by atoms with Crippen LogP contribution in [0.3, 0.4) is 0 Å². The van der Waals surface area contributed by atoms with E-state index in [0.29, 0.717) is 5.56 Å². The second kappa shape index (κ2) is 9.46. The first-order valence-corrected chi connectivity index (χ1v) is 10.4. The molecule has 0 saturated heterocycles. The Labute approximate surface area is 192 Å². The van der Waals surface area contributed by atoms with Crippen LogP contribution in [0.25, 0.3) is 11.1 Å². The summed E-state index contributed by atoms with van der Waals surface area (Å²) in [5.74, 6) is -1.82. The lowest BCUT2D eigenvalue weighted by atomic mass is 9.98. The van der Waals surface area contributed by atoms with E-state index in [9.17, 15) is 27.9 Å². The molecular formula is C25H20F3NO5. The van der Waals surface area contributed by atoms with Crippen LogP contribution in [0.5, 0.6) is 5.75 Å². The van der Waals surface area contributed by atoms with E-state index >= 15 is 0 Å². The fraction of sp³-hybridized carbons (Fsp3) is 0.200. The second-order valence-corrected chi connectivity index (χ2v) is 7.74. The number of rotatable bonds is 7.